The molecule has 2 atom stereocenters. The minimum atomic E-state index is 0.733. The van der Waals surface area contributed by atoms with Gasteiger partial charge in [0.15, 0.2) is 0 Å². The lowest BCUT2D eigenvalue weighted by Gasteiger charge is -2.39. The van der Waals surface area contributed by atoms with Crippen molar-refractivity contribution in [1.82, 2.24) is 4.98 Å². The summed E-state index contributed by atoms with van der Waals surface area (Å²) in [6, 6.07) is 8.57. The molecule has 0 saturated heterocycles. The van der Waals surface area contributed by atoms with Crippen molar-refractivity contribution in [2.24, 2.45) is 17.8 Å². The Morgan fingerprint density at radius 1 is 1.17 bits per heavy atom. The first kappa shape index (κ1) is 11.6. The molecule has 1 aromatic heterocycles. The fraction of sp³-hybridized carbons (Fsp3) is 0.412. The van der Waals surface area contributed by atoms with E-state index in [-0.39, 0.29) is 0 Å². The summed E-state index contributed by atoms with van der Waals surface area (Å²) in [7, 11) is 0. The average molecular weight is 239 g/mol. The maximum Gasteiger partial charge on any atom is 0.0464 e. The molecule has 1 heterocycles. The highest BCUT2D eigenvalue weighted by molar-refractivity contribution is 5.81. The number of aromatic amines is 1. The maximum atomic E-state index is 3.57. The summed E-state index contributed by atoms with van der Waals surface area (Å²) >= 11 is 0. The quantitative estimate of drug-likeness (QED) is 0.787. The molecule has 1 aliphatic rings. The number of fused-ring (bicyclic) bond motifs is 1. The molecule has 2 unspecified atom stereocenters. The van der Waals surface area contributed by atoms with Crippen LogP contribution in [0.5, 0.6) is 0 Å². The molecule has 0 bridgehead atoms. The van der Waals surface area contributed by atoms with Crippen molar-refractivity contribution < 1.29 is 0 Å². The molecule has 3 rings (SSSR count). The number of rotatable bonds is 1. The van der Waals surface area contributed by atoms with Crippen molar-refractivity contribution in [1.29, 1.82) is 0 Å². The second-order valence-electron chi connectivity index (χ2n) is 5.72. The lowest BCUT2D eigenvalue weighted by Crippen LogP contribution is -2.35. The monoisotopic (exact) mass is 239 g/mol. The Bertz CT molecular complexity index is 669. The number of nitrogens with one attached hydrogen (secondary N) is 1. The molecule has 1 aliphatic carbocycles. The van der Waals surface area contributed by atoms with Crippen LogP contribution in [0.1, 0.15) is 27.2 Å². The van der Waals surface area contributed by atoms with Gasteiger partial charge in [-0.25, -0.2) is 0 Å². The van der Waals surface area contributed by atoms with Gasteiger partial charge in [-0.2, -0.15) is 0 Å². The van der Waals surface area contributed by atoms with E-state index in [0.717, 1.165) is 17.8 Å². The van der Waals surface area contributed by atoms with Gasteiger partial charge in [-0.15, -0.1) is 0 Å². The lowest BCUT2D eigenvalue weighted by molar-refractivity contribution is 0.162. The predicted octanol–water partition coefficient (Wildman–Crippen LogP) is 3.04. The Hall–Kier alpha value is -1.50. The first-order chi connectivity index (χ1) is 8.70. The van der Waals surface area contributed by atoms with Crippen molar-refractivity contribution in [2.75, 3.05) is 0 Å². The van der Waals surface area contributed by atoms with Gasteiger partial charge in [0, 0.05) is 21.5 Å². The third-order valence-corrected chi connectivity index (χ3v) is 4.48. The Labute approximate surface area is 108 Å². The van der Waals surface area contributed by atoms with Crippen LogP contribution in [0.2, 0.25) is 0 Å². The lowest BCUT2D eigenvalue weighted by atomic mass is 9.66. The zero-order chi connectivity index (χ0) is 12.7. The van der Waals surface area contributed by atoms with E-state index < -0.39 is 0 Å². The highest BCUT2D eigenvalue weighted by Crippen LogP contribution is 2.40. The highest BCUT2D eigenvalue weighted by atomic mass is 14.7. The van der Waals surface area contributed by atoms with Crippen molar-refractivity contribution in [3.63, 3.8) is 0 Å². The van der Waals surface area contributed by atoms with E-state index in [4.69, 9.17) is 0 Å². The van der Waals surface area contributed by atoms with Crippen LogP contribution in [-0.4, -0.2) is 4.98 Å². The molecule has 0 spiro atoms. The fourth-order valence-electron chi connectivity index (χ4n) is 3.41. The molecule has 2 aromatic rings. The summed E-state index contributed by atoms with van der Waals surface area (Å²) in [6.45, 7) is 6.85. The Morgan fingerprint density at radius 2 is 1.89 bits per heavy atom. The summed E-state index contributed by atoms with van der Waals surface area (Å²) in [5.41, 5.74) is 1.25. The van der Waals surface area contributed by atoms with Gasteiger partial charge >= 0.3 is 0 Å². The normalized spacial score (nSPS) is 29.8. The Morgan fingerprint density at radius 3 is 2.56 bits per heavy atom. The zero-order valence-corrected chi connectivity index (χ0v) is 11.4. The van der Waals surface area contributed by atoms with Crippen LogP contribution in [0.3, 0.4) is 0 Å². The van der Waals surface area contributed by atoms with Crippen molar-refractivity contribution in [3.8, 4) is 0 Å². The SMILES string of the molecule is C/C=c1\c(=C/C2C(C)CC2C)[nH]c2ccccc12. The molecule has 1 N–H and O–H groups in total. The van der Waals surface area contributed by atoms with E-state index >= 15 is 0 Å². The summed E-state index contributed by atoms with van der Waals surface area (Å²) in [6.07, 6.45) is 6.04. The van der Waals surface area contributed by atoms with Crippen molar-refractivity contribution in [3.05, 3.63) is 34.8 Å². The van der Waals surface area contributed by atoms with E-state index in [2.05, 4.69) is 62.2 Å². The molecule has 18 heavy (non-hydrogen) atoms. The minimum Gasteiger partial charge on any atom is -0.355 e. The zero-order valence-electron chi connectivity index (χ0n) is 11.4. The third-order valence-electron chi connectivity index (χ3n) is 4.48. The topological polar surface area (TPSA) is 15.8 Å². The first-order valence-corrected chi connectivity index (χ1v) is 6.95. The van der Waals surface area contributed by atoms with E-state index in [1.807, 2.05) is 0 Å². The predicted molar refractivity (Wildman–Crippen MR) is 78.6 cm³/mol. The van der Waals surface area contributed by atoms with E-state index in [9.17, 15) is 0 Å². The number of hydrogen-bond donors (Lipinski definition) is 1. The first-order valence-electron chi connectivity index (χ1n) is 6.95. The molecular formula is C17H21N. The number of aromatic nitrogens is 1. The molecule has 94 valence electrons. The van der Waals surface area contributed by atoms with Gasteiger partial charge in [0.05, 0.1) is 0 Å². The van der Waals surface area contributed by atoms with Gasteiger partial charge < -0.3 is 4.98 Å². The van der Waals surface area contributed by atoms with Crippen LogP contribution in [0.15, 0.2) is 24.3 Å². The largest absolute Gasteiger partial charge is 0.355 e. The van der Waals surface area contributed by atoms with Crippen molar-refractivity contribution in [2.45, 2.75) is 27.2 Å². The van der Waals surface area contributed by atoms with Gasteiger partial charge in [-0.05, 0) is 37.2 Å². The standard InChI is InChI=1S/C17H21N/c1-4-13-14-7-5-6-8-16(14)18-17(13)10-15-11(2)9-12(15)3/h4-8,10-12,15,18H,9H2,1-3H3/b13-4-,17-10+. The number of H-pyrrole nitrogens is 1. The summed E-state index contributed by atoms with van der Waals surface area (Å²) in [4.78, 5) is 3.57. The van der Waals surface area contributed by atoms with Gasteiger partial charge in [-0.1, -0.05) is 44.2 Å². The smallest absolute Gasteiger partial charge is 0.0464 e. The van der Waals surface area contributed by atoms with Crippen LogP contribution >= 0.6 is 0 Å². The Kier molecular flexibility index (Phi) is 2.77. The molecule has 0 amide bonds. The number of benzene rings is 1. The molecule has 1 aromatic carbocycles. The second-order valence-corrected chi connectivity index (χ2v) is 5.72. The van der Waals surface area contributed by atoms with E-state index in [0.29, 0.717) is 0 Å². The van der Waals surface area contributed by atoms with Crippen LogP contribution in [0.4, 0.5) is 0 Å². The van der Waals surface area contributed by atoms with E-state index in [1.165, 1.54) is 27.9 Å². The van der Waals surface area contributed by atoms with Crippen LogP contribution in [0.25, 0.3) is 23.1 Å². The molecule has 0 radical (unpaired) electrons. The highest BCUT2D eigenvalue weighted by Gasteiger charge is 2.32. The summed E-state index contributed by atoms with van der Waals surface area (Å²) < 4.78 is 0. The van der Waals surface area contributed by atoms with Gasteiger partial charge in [0.25, 0.3) is 0 Å². The van der Waals surface area contributed by atoms with Gasteiger partial charge in [0.2, 0.25) is 0 Å². The molecular weight excluding hydrogens is 218 g/mol. The molecule has 1 heteroatoms. The van der Waals surface area contributed by atoms with Gasteiger partial charge in [-0.3, -0.25) is 0 Å². The molecule has 1 saturated carbocycles. The molecule has 0 aliphatic heterocycles. The van der Waals surface area contributed by atoms with E-state index in [1.54, 1.807) is 0 Å². The summed E-state index contributed by atoms with van der Waals surface area (Å²) in [5.74, 6) is 2.39. The van der Waals surface area contributed by atoms with Crippen LogP contribution in [0, 0.1) is 17.8 Å². The number of hydrogen-bond acceptors (Lipinski definition) is 0. The maximum absolute atomic E-state index is 3.57. The Balaban J connectivity index is 2.20. The second kappa shape index (κ2) is 4.31. The van der Waals surface area contributed by atoms with Gasteiger partial charge in [0.1, 0.15) is 0 Å². The minimum absolute atomic E-state index is 0.733. The average Bonchev–Trinajstić information content (AvgIpc) is 2.73. The summed E-state index contributed by atoms with van der Waals surface area (Å²) in [5, 5.41) is 4.00. The van der Waals surface area contributed by atoms with Crippen LogP contribution in [-0.2, 0) is 0 Å². The molecule has 1 nitrogen and oxygen atoms in total. The number of para-hydroxylation sites is 1. The third kappa shape index (κ3) is 1.69. The molecule has 1 fully saturated rings. The van der Waals surface area contributed by atoms with Crippen LogP contribution < -0.4 is 10.6 Å². The van der Waals surface area contributed by atoms with Crippen molar-refractivity contribution >= 4 is 23.1 Å². The fourth-order valence-corrected chi connectivity index (χ4v) is 3.41.